The van der Waals surface area contributed by atoms with Crippen LogP contribution in [-0.2, 0) is 0 Å². The van der Waals surface area contributed by atoms with E-state index in [0.29, 0.717) is 69.4 Å². The molecule has 12 heteroatoms. The molecule has 2 aromatic carbocycles. The quantitative estimate of drug-likeness (QED) is 0.276. The third-order valence-electron chi connectivity index (χ3n) is 9.92. The lowest BCUT2D eigenvalue weighted by Crippen LogP contribution is -2.68. The van der Waals surface area contributed by atoms with E-state index < -0.39 is 11.6 Å². The summed E-state index contributed by atoms with van der Waals surface area (Å²) >= 11 is 0. The summed E-state index contributed by atoms with van der Waals surface area (Å²) in [5.74, 6) is -0.338. The van der Waals surface area contributed by atoms with Crippen molar-refractivity contribution < 1.29 is 8.78 Å². The van der Waals surface area contributed by atoms with Gasteiger partial charge in [-0.05, 0) is 77.0 Å². The van der Waals surface area contributed by atoms with E-state index in [2.05, 4.69) is 62.6 Å². The molecule has 0 aliphatic carbocycles. The summed E-state index contributed by atoms with van der Waals surface area (Å²) in [6.45, 7) is 11.0. The highest BCUT2D eigenvalue weighted by Gasteiger charge is 2.43. The summed E-state index contributed by atoms with van der Waals surface area (Å²) in [4.78, 5) is 9.43. The molecule has 2 saturated heterocycles. The number of hydrogen-bond acceptors (Lipinski definition) is 8. The smallest absolute Gasteiger partial charge is 0.159 e. The minimum Gasteiger partial charge on any atom is -0.351 e. The van der Waals surface area contributed by atoms with Crippen molar-refractivity contribution >= 4 is 38.7 Å². The standard InChI is InChI=1S/C32H36F2N10/c1-6-42(5)32(4)15-43(16-32)31-29-30(44(41-40-29)20-8-10-36-19(12-20)7-9-35)21-11-17(2)25(27(34)28(21)38-31)26-18(3)23(33)13-24-22(26)14-37-39-24/h11,13-14,19-20,36H,6-8,10,12,15-16H2,1-5H3,(H,37,39)/t19-,20+/m1/s1. The molecule has 2 aliphatic rings. The molecule has 5 heterocycles. The molecule has 3 aromatic heterocycles. The number of pyridine rings is 1. The first-order chi connectivity index (χ1) is 21.1. The van der Waals surface area contributed by atoms with Crippen molar-refractivity contribution in [2.75, 3.05) is 38.1 Å². The lowest BCUT2D eigenvalue weighted by molar-refractivity contribution is 0.109. The number of hydrogen-bond donors (Lipinski definition) is 2. The fraction of sp³-hybridized carbons (Fsp3) is 0.469. The molecule has 228 valence electrons. The van der Waals surface area contributed by atoms with Gasteiger partial charge < -0.3 is 10.2 Å². The Morgan fingerprint density at radius 2 is 1.95 bits per heavy atom. The van der Waals surface area contributed by atoms with E-state index in [1.165, 1.54) is 6.07 Å². The SMILES string of the molecule is CCN(C)C1(C)CN(c2nc3c(F)c(-c4c(C)c(F)cc5[nH]ncc45)c(C)cc3c3c2nnn3[C@H]2CCN[C@H](CC#N)C2)C1. The molecule has 2 atom stereocenters. The maximum atomic E-state index is 17.1. The fourth-order valence-corrected chi connectivity index (χ4v) is 7.20. The third kappa shape index (κ3) is 4.24. The second-order valence-corrected chi connectivity index (χ2v) is 12.7. The van der Waals surface area contributed by atoms with Crippen LogP contribution in [0.1, 0.15) is 50.3 Å². The van der Waals surface area contributed by atoms with Crippen LogP contribution in [-0.4, -0.2) is 79.9 Å². The maximum Gasteiger partial charge on any atom is 0.159 e. The number of anilines is 1. The van der Waals surface area contributed by atoms with Crippen molar-refractivity contribution in [3.63, 3.8) is 0 Å². The molecule has 5 aromatic rings. The second kappa shape index (κ2) is 10.5. The molecule has 2 fully saturated rings. The van der Waals surface area contributed by atoms with Crippen LogP contribution in [0.5, 0.6) is 0 Å². The maximum absolute atomic E-state index is 17.1. The molecule has 44 heavy (non-hydrogen) atoms. The summed E-state index contributed by atoms with van der Waals surface area (Å²) in [7, 11) is 2.11. The van der Waals surface area contributed by atoms with Gasteiger partial charge in [0.15, 0.2) is 17.2 Å². The van der Waals surface area contributed by atoms with E-state index in [9.17, 15) is 5.26 Å². The van der Waals surface area contributed by atoms with Crippen molar-refractivity contribution in [2.45, 2.75) is 64.6 Å². The molecule has 0 spiro atoms. The Morgan fingerprint density at radius 1 is 1.16 bits per heavy atom. The molecule has 2 aliphatic heterocycles. The zero-order valence-corrected chi connectivity index (χ0v) is 25.7. The number of benzene rings is 2. The van der Waals surface area contributed by atoms with Gasteiger partial charge in [0.05, 0.1) is 35.8 Å². The monoisotopic (exact) mass is 598 g/mol. The largest absolute Gasteiger partial charge is 0.351 e. The van der Waals surface area contributed by atoms with Crippen molar-refractivity contribution in [3.8, 4) is 17.2 Å². The van der Waals surface area contributed by atoms with Crippen LogP contribution in [0.4, 0.5) is 14.6 Å². The summed E-state index contributed by atoms with van der Waals surface area (Å²) in [6.07, 6.45) is 3.54. The summed E-state index contributed by atoms with van der Waals surface area (Å²) < 4.78 is 34.1. The van der Waals surface area contributed by atoms with Gasteiger partial charge in [0, 0.05) is 41.0 Å². The number of H-pyrrole nitrogens is 1. The topological polar surface area (TPSA) is 115 Å². The lowest BCUT2D eigenvalue weighted by Gasteiger charge is -2.53. The predicted molar refractivity (Wildman–Crippen MR) is 167 cm³/mol. The van der Waals surface area contributed by atoms with E-state index >= 15 is 8.78 Å². The molecule has 10 nitrogen and oxygen atoms in total. The number of nitrogens with one attached hydrogen (secondary N) is 2. The van der Waals surface area contributed by atoms with E-state index in [0.717, 1.165) is 31.4 Å². The zero-order valence-electron chi connectivity index (χ0n) is 25.7. The van der Waals surface area contributed by atoms with Crippen molar-refractivity contribution in [3.05, 3.63) is 41.1 Å². The van der Waals surface area contributed by atoms with Crippen LogP contribution in [0.2, 0.25) is 0 Å². The Bertz CT molecular complexity index is 1970. The van der Waals surface area contributed by atoms with E-state index in [4.69, 9.17) is 4.98 Å². The number of aromatic amines is 1. The van der Waals surface area contributed by atoms with Gasteiger partial charge in [0.1, 0.15) is 16.9 Å². The lowest BCUT2D eigenvalue weighted by atomic mass is 9.89. The Kier molecular flexibility index (Phi) is 6.78. The first-order valence-electron chi connectivity index (χ1n) is 15.2. The Morgan fingerprint density at radius 3 is 2.70 bits per heavy atom. The molecule has 0 radical (unpaired) electrons. The Balaban J connectivity index is 1.47. The van der Waals surface area contributed by atoms with Crippen LogP contribution in [0.15, 0.2) is 18.3 Å². The number of nitrogens with zero attached hydrogens (tertiary/aromatic N) is 8. The third-order valence-corrected chi connectivity index (χ3v) is 9.92. The average molecular weight is 599 g/mol. The van der Waals surface area contributed by atoms with Crippen LogP contribution in [0, 0.1) is 36.8 Å². The van der Waals surface area contributed by atoms with Crippen molar-refractivity contribution in [1.82, 2.24) is 40.4 Å². The molecule has 7 rings (SSSR count). The zero-order chi connectivity index (χ0) is 30.9. The van der Waals surface area contributed by atoms with Gasteiger partial charge in [0.2, 0.25) is 0 Å². The highest BCUT2D eigenvalue weighted by molar-refractivity contribution is 6.09. The van der Waals surface area contributed by atoms with Crippen molar-refractivity contribution in [2.24, 2.45) is 0 Å². The number of aromatic nitrogens is 6. The Hall–Kier alpha value is -4.21. The number of aryl methyl sites for hydroxylation is 1. The molecule has 2 N–H and O–H groups in total. The summed E-state index contributed by atoms with van der Waals surface area (Å²) in [6, 6.07) is 5.64. The fourth-order valence-electron chi connectivity index (χ4n) is 7.20. The predicted octanol–water partition coefficient (Wildman–Crippen LogP) is 5.16. The van der Waals surface area contributed by atoms with Gasteiger partial charge in [-0.2, -0.15) is 10.4 Å². The number of rotatable bonds is 6. The normalized spacial score (nSPS) is 20.1. The second-order valence-electron chi connectivity index (χ2n) is 12.7. The molecule has 0 bridgehead atoms. The Labute approximate surface area is 254 Å². The minimum absolute atomic E-state index is 0.00926. The van der Waals surface area contributed by atoms with E-state index in [1.54, 1.807) is 13.1 Å². The van der Waals surface area contributed by atoms with Crippen LogP contribution >= 0.6 is 0 Å². The van der Waals surface area contributed by atoms with Gasteiger partial charge in [-0.15, -0.1) is 5.10 Å². The van der Waals surface area contributed by atoms with Gasteiger partial charge in [-0.1, -0.05) is 12.1 Å². The summed E-state index contributed by atoms with van der Waals surface area (Å²) in [5.41, 5.74) is 3.84. The first kappa shape index (κ1) is 28.6. The van der Waals surface area contributed by atoms with Crippen molar-refractivity contribution in [1.29, 1.82) is 5.26 Å². The van der Waals surface area contributed by atoms with Gasteiger partial charge in [0.25, 0.3) is 0 Å². The number of halogens is 2. The van der Waals surface area contributed by atoms with Crippen LogP contribution in [0.3, 0.4) is 0 Å². The van der Waals surface area contributed by atoms with Gasteiger partial charge >= 0.3 is 0 Å². The molecule has 0 saturated carbocycles. The molecule has 0 unspecified atom stereocenters. The number of fused-ring (bicyclic) bond motifs is 4. The van der Waals surface area contributed by atoms with Gasteiger partial charge in [-0.25, -0.2) is 18.4 Å². The number of likely N-dealkylation sites (N-methyl/N-ethyl adjacent to an activating group) is 1. The number of piperidine rings is 1. The first-order valence-corrected chi connectivity index (χ1v) is 15.2. The molecular weight excluding hydrogens is 562 g/mol. The van der Waals surface area contributed by atoms with Gasteiger partial charge in [-0.3, -0.25) is 10.00 Å². The van der Waals surface area contributed by atoms with E-state index in [1.807, 2.05) is 17.7 Å². The number of nitriles is 1. The van der Waals surface area contributed by atoms with Crippen LogP contribution < -0.4 is 10.2 Å². The summed E-state index contributed by atoms with van der Waals surface area (Å²) in [5, 5.41) is 30.3. The highest BCUT2D eigenvalue weighted by atomic mass is 19.1. The highest BCUT2D eigenvalue weighted by Crippen LogP contribution is 2.43. The van der Waals surface area contributed by atoms with Crippen LogP contribution in [0.25, 0.3) is 44.0 Å². The minimum atomic E-state index is -0.506. The molecular formula is C32H36F2N10. The van der Waals surface area contributed by atoms with E-state index in [-0.39, 0.29) is 23.1 Å². The molecule has 0 amide bonds. The average Bonchev–Trinajstić information content (AvgIpc) is 3.65.